The van der Waals surface area contributed by atoms with Gasteiger partial charge in [0.2, 0.25) is 0 Å². The van der Waals surface area contributed by atoms with Gasteiger partial charge in [0.05, 0.1) is 16.7 Å². The van der Waals surface area contributed by atoms with Crippen LogP contribution >= 0.6 is 23.4 Å². The van der Waals surface area contributed by atoms with E-state index in [1.807, 2.05) is 6.26 Å². The second-order valence-corrected chi connectivity index (χ2v) is 5.83. The van der Waals surface area contributed by atoms with Gasteiger partial charge in [-0.1, -0.05) is 11.6 Å². The lowest BCUT2D eigenvalue weighted by molar-refractivity contribution is -0.141. The highest BCUT2D eigenvalue weighted by molar-refractivity contribution is 7.98. The van der Waals surface area contributed by atoms with E-state index >= 15 is 0 Å². The van der Waals surface area contributed by atoms with E-state index in [1.54, 1.807) is 18.2 Å². The molecular formula is C13H14ClNO4S. The van der Waals surface area contributed by atoms with Crippen molar-refractivity contribution in [2.75, 3.05) is 12.8 Å². The molecule has 0 spiro atoms. The van der Waals surface area contributed by atoms with Crippen molar-refractivity contribution in [1.82, 2.24) is 4.90 Å². The van der Waals surface area contributed by atoms with Gasteiger partial charge in [0.25, 0.3) is 5.91 Å². The second kappa shape index (κ2) is 6.03. The van der Waals surface area contributed by atoms with E-state index in [-0.39, 0.29) is 23.6 Å². The second-order valence-electron chi connectivity index (χ2n) is 4.55. The number of nitrogens with zero attached hydrogens (tertiary/aromatic N) is 1. The molecule has 5 nitrogen and oxygen atoms in total. The summed E-state index contributed by atoms with van der Waals surface area (Å²) in [4.78, 5) is 25.6. The number of benzene rings is 1. The highest BCUT2D eigenvalue weighted by Crippen LogP contribution is 2.27. The SMILES string of the molecule is CSc1ccc(Cl)c(C(=O)N2CC(O)CC2C(=O)O)c1. The van der Waals surface area contributed by atoms with E-state index in [4.69, 9.17) is 16.7 Å². The number of amides is 1. The van der Waals surface area contributed by atoms with Crippen LogP contribution in [0.2, 0.25) is 5.02 Å². The first-order chi connectivity index (χ1) is 9.43. The molecule has 0 bridgehead atoms. The number of β-amino-alcohol motifs (C(OH)–C–C–N with tert-alkyl or cyclic N) is 1. The van der Waals surface area contributed by atoms with Gasteiger partial charge >= 0.3 is 5.97 Å². The van der Waals surface area contributed by atoms with E-state index in [1.165, 1.54) is 16.7 Å². The van der Waals surface area contributed by atoms with Crippen LogP contribution in [-0.4, -0.2) is 51.9 Å². The molecule has 1 heterocycles. The molecule has 1 saturated heterocycles. The maximum Gasteiger partial charge on any atom is 0.326 e. The van der Waals surface area contributed by atoms with Crippen LogP contribution in [0.25, 0.3) is 0 Å². The summed E-state index contributed by atoms with van der Waals surface area (Å²) in [5, 5.41) is 19.0. The average molecular weight is 316 g/mol. The van der Waals surface area contributed by atoms with Crippen molar-refractivity contribution in [3.05, 3.63) is 28.8 Å². The number of aliphatic hydroxyl groups excluding tert-OH is 1. The fourth-order valence-corrected chi connectivity index (χ4v) is 2.86. The van der Waals surface area contributed by atoms with Gasteiger partial charge in [0, 0.05) is 17.9 Å². The minimum atomic E-state index is -1.12. The molecule has 20 heavy (non-hydrogen) atoms. The Morgan fingerprint density at radius 3 is 2.75 bits per heavy atom. The number of hydrogen-bond acceptors (Lipinski definition) is 4. The topological polar surface area (TPSA) is 77.8 Å². The summed E-state index contributed by atoms with van der Waals surface area (Å²) < 4.78 is 0. The van der Waals surface area contributed by atoms with Crippen molar-refractivity contribution in [3.63, 3.8) is 0 Å². The number of hydrogen-bond donors (Lipinski definition) is 2. The van der Waals surface area contributed by atoms with Gasteiger partial charge in [-0.2, -0.15) is 0 Å². The van der Waals surface area contributed by atoms with Crippen LogP contribution < -0.4 is 0 Å². The number of likely N-dealkylation sites (tertiary alicyclic amines) is 1. The fourth-order valence-electron chi connectivity index (χ4n) is 2.22. The number of carbonyl (C=O) groups is 2. The molecule has 7 heteroatoms. The molecule has 1 amide bonds. The van der Waals surface area contributed by atoms with Crippen molar-refractivity contribution in [2.24, 2.45) is 0 Å². The molecular weight excluding hydrogens is 302 g/mol. The third-order valence-electron chi connectivity index (χ3n) is 3.23. The van der Waals surface area contributed by atoms with Crippen LogP contribution in [-0.2, 0) is 4.79 Å². The molecule has 0 saturated carbocycles. The van der Waals surface area contributed by atoms with Crippen LogP contribution in [0.3, 0.4) is 0 Å². The number of thioether (sulfide) groups is 1. The Labute approximate surface area is 125 Å². The summed E-state index contributed by atoms with van der Waals surface area (Å²) in [6, 6.07) is 4.03. The molecule has 108 valence electrons. The number of rotatable bonds is 3. The van der Waals surface area contributed by atoms with Gasteiger partial charge in [-0.25, -0.2) is 4.79 Å². The van der Waals surface area contributed by atoms with Gasteiger partial charge in [-0.05, 0) is 24.5 Å². The van der Waals surface area contributed by atoms with E-state index in [0.29, 0.717) is 0 Å². The number of halogens is 1. The molecule has 2 atom stereocenters. The zero-order chi connectivity index (χ0) is 14.9. The minimum absolute atomic E-state index is 0.00955. The molecule has 1 aliphatic rings. The predicted molar refractivity (Wildman–Crippen MR) is 76.3 cm³/mol. The number of carbonyl (C=O) groups excluding carboxylic acids is 1. The Bertz CT molecular complexity index is 551. The summed E-state index contributed by atoms with van der Waals surface area (Å²) in [5.41, 5.74) is 0.263. The molecule has 1 aliphatic heterocycles. The Balaban J connectivity index is 2.33. The number of carboxylic acid groups (broad SMARTS) is 1. The van der Waals surface area contributed by atoms with E-state index in [2.05, 4.69) is 0 Å². The Hall–Kier alpha value is -1.24. The highest BCUT2D eigenvalue weighted by atomic mass is 35.5. The zero-order valence-electron chi connectivity index (χ0n) is 10.7. The third-order valence-corrected chi connectivity index (χ3v) is 4.28. The normalized spacial score (nSPS) is 22.1. The lowest BCUT2D eigenvalue weighted by atomic mass is 10.1. The van der Waals surface area contributed by atoms with Crippen LogP contribution in [0.5, 0.6) is 0 Å². The summed E-state index contributed by atoms with van der Waals surface area (Å²) >= 11 is 7.49. The molecule has 2 N–H and O–H groups in total. The molecule has 2 unspecified atom stereocenters. The quantitative estimate of drug-likeness (QED) is 0.831. The summed E-state index contributed by atoms with van der Waals surface area (Å²) in [5.74, 6) is -1.58. The van der Waals surface area contributed by atoms with Crippen molar-refractivity contribution in [2.45, 2.75) is 23.5 Å². The van der Waals surface area contributed by atoms with Gasteiger partial charge in [0.1, 0.15) is 6.04 Å². The molecule has 2 rings (SSSR count). The number of aliphatic hydroxyl groups is 1. The van der Waals surface area contributed by atoms with Gasteiger partial charge in [0.15, 0.2) is 0 Å². The van der Waals surface area contributed by atoms with Crippen molar-refractivity contribution >= 4 is 35.2 Å². The molecule has 0 aliphatic carbocycles. The van der Waals surface area contributed by atoms with E-state index in [9.17, 15) is 14.7 Å². The molecule has 0 aromatic heterocycles. The number of aliphatic carboxylic acids is 1. The van der Waals surface area contributed by atoms with Gasteiger partial charge < -0.3 is 15.1 Å². The van der Waals surface area contributed by atoms with Crippen molar-refractivity contribution in [3.8, 4) is 0 Å². The first-order valence-electron chi connectivity index (χ1n) is 5.99. The smallest absolute Gasteiger partial charge is 0.326 e. The molecule has 1 aromatic rings. The largest absolute Gasteiger partial charge is 0.480 e. The standard InChI is InChI=1S/C13H14ClNO4S/c1-20-8-2-3-10(14)9(5-8)12(17)15-6-7(16)4-11(15)13(18)19/h2-3,5,7,11,16H,4,6H2,1H3,(H,18,19). The summed E-state index contributed by atoms with van der Waals surface area (Å²) in [7, 11) is 0. The van der Waals surface area contributed by atoms with Crippen molar-refractivity contribution in [1.29, 1.82) is 0 Å². The monoisotopic (exact) mass is 315 g/mol. The van der Waals surface area contributed by atoms with E-state index < -0.39 is 24.0 Å². The van der Waals surface area contributed by atoms with Crippen LogP contribution in [0.1, 0.15) is 16.8 Å². The number of carboxylic acids is 1. The fraction of sp³-hybridized carbons (Fsp3) is 0.385. The maximum atomic E-state index is 12.5. The van der Waals surface area contributed by atoms with Crippen LogP contribution in [0.15, 0.2) is 23.1 Å². The van der Waals surface area contributed by atoms with E-state index in [0.717, 1.165) is 4.90 Å². The lowest BCUT2D eigenvalue weighted by Crippen LogP contribution is -2.40. The Morgan fingerprint density at radius 1 is 1.45 bits per heavy atom. The first-order valence-corrected chi connectivity index (χ1v) is 7.59. The predicted octanol–water partition coefficient (Wildman–Crippen LogP) is 1.72. The lowest BCUT2D eigenvalue weighted by Gasteiger charge is -2.21. The minimum Gasteiger partial charge on any atom is -0.480 e. The maximum absolute atomic E-state index is 12.5. The zero-order valence-corrected chi connectivity index (χ0v) is 12.3. The first kappa shape index (κ1) is 15.2. The Morgan fingerprint density at radius 2 is 2.15 bits per heavy atom. The van der Waals surface area contributed by atoms with Gasteiger partial charge in [-0.15, -0.1) is 11.8 Å². The molecule has 0 radical (unpaired) electrons. The van der Waals surface area contributed by atoms with Gasteiger partial charge in [-0.3, -0.25) is 4.79 Å². The van der Waals surface area contributed by atoms with Crippen molar-refractivity contribution < 1.29 is 19.8 Å². The Kier molecular flexibility index (Phi) is 4.57. The molecule has 1 fully saturated rings. The van der Waals surface area contributed by atoms with Crippen LogP contribution in [0.4, 0.5) is 0 Å². The summed E-state index contributed by atoms with van der Waals surface area (Å²) in [6.45, 7) is 0.00955. The highest BCUT2D eigenvalue weighted by Gasteiger charge is 2.39. The average Bonchev–Trinajstić information content (AvgIpc) is 2.81. The summed E-state index contributed by atoms with van der Waals surface area (Å²) in [6.07, 6.45) is 1.10. The third kappa shape index (κ3) is 2.92. The van der Waals surface area contributed by atoms with Crippen LogP contribution in [0, 0.1) is 0 Å². The molecule has 1 aromatic carbocycles.